The number of carbonyl (C=O) groups excluding carboxylic acids is 2. The van der Waals surface area contributed by atoms with Crippen molar-refractivity contribution >= 4 is 12.3 Å². The number of rotatable bonds is 0. The van der Waals surface area contributed by atoms with E-state index >= 15 is 0 Å². The summed E-state index contributed by atoms with van der Waals surface area (Å²) in [7, 11) is 0. The van der Waals surface area contributed by atoms with Gasteiger partial charge < -0.3 is 30.0 Å². The second-order valence-electron chi connectivity index (χ2n) is 0.500. The van der Waals surface area contributed by atoms with Gasteiger partial charge in [0.1, 0.15) is 0 Å². The molecule has 0 unspecified atom stereocenters. The predicted octanol–water partition coefficient (Wildman–Crippen LogP) is -16.9. The standard InChI is InChI=1S/2CH2O3.2K.2Li/c2*2-1(3)4;;;;/h2*(H2,2,3,4);;;;/q;;4*+1/p-4. The monoisotopic (exact) mass is 212 g/mol. The first-order valence-corrected chi connectivity index (χ1v) is 1.22. The van der Waals surface area contributed by atoms with Crippen LogP contribution in [0, 0.1) is 0 Å². The first-order valence-electron chi connectivity index (χ1n) is 1.22. The molecular weight excluding hydrogens is 212 g/mol. The molecule has 12 heavy (non-hydrogen) atoms. The number of hydrogen-bond donors (Lipinski definition) is 0. The van der Waals surface area contributed by atoms with Crippen molar-refractivity contribution in [3.63, 3.8) is 0 Å². The number of hydrogen-bond acceptors (Lipinski definition) is 6. The summed E-state index contributed by atoms with van der Waals surface area (Å²) in [4.78, 5) is 16.7. The van der Waals surface area contributed by atoms with Crippen LogP contribution < -0.4 is 161 Å². The summed E-state index contributed by atoms with van der Waals surface area (Å²) in [5.41, 5.74) is 0. The van der Waals surface area contributed by atoms with Gasteiger partial charge in [-0.3, -0.25) is 0 Å². The van der Waals surface area contributed by atoms with Crippen LogP contribution in [0.25, 0.3) is 0 Å². The molecule has 6 nitrogen and oxygen atoms in total. The van der Waals surface area contributed by atoms with E-state index in [2.05, 4.69) is 0 Å². The van der Waals surface area contributed by atoms with Gasteiger partial charge in [-0.25, -0.2) is 0 Å². The molecule has 0 saturated carbocycles. The largest absolute Gasteiger partial charge is 1.00 e. The molecule has 0 aromatic rings. The van der Waals surface area contributed by atoms with E-state index < -0.39 is 12.3 Å². The predicted molar refractivity (Wildman–Crippen MR) is 10.8 cm³/mol. The van der Waals surface area contributed by atoms with Crippen LogP contribution in [0.1, 0.15) is 0 Å². The van der Waals surface area contributed by atoms with Gasteiger partial charge in [-0.15, -0.1) is 0 Å². The maximum Gasteiger partial charge on any atom is 1.00 e. The van der Waals surface area contributed by atoms with E-state index in [4.69, 9.17) is 30.0 Å². The Morgan fingerprint density at radius 3 is 0.667 bits per heavy atom. The minimum atomic E-state index is -2.33. The maximum absolute atomic E-state index is 8.33. The molecular formula is C2K2Li2O6. The summed E-state index contributed by atoms with van der Waals surface area (Å²) < 4.78 is 0. The topological polar surface area (TPSA) is 126 Å². The van der Waals surface area contributed by atoms with Crippen molar-refractivity contribution in [2.24, 2.45) is 0 Å². The van der Waals surface area contributed by atoms with Crippen LogP contribution in [0.4, 0.5) is 9.59 Å². The summed E-state index contributed by atoms with van der Waals surface area (Å²) in [5.74, 6) is 0. The van der Waals surface area contributed by atoms with E-state index in [1.165, 1.54) is 0 Å². The van der Waals surface area contributed by atoms with Crippen LogP contribution in [0.3, 0.4) is 0 Å². The summed E-state index contributed by atoms with van der Waals surface area (Å²) >= 11 is 0. The van der Waals surface area contributed by atoms with Crippen LogP contribution in [0.2, 0.25) is 0 Å². The van der Waals surface area contributed by atoms with Gasteiger partial charge in [0.2, 0.25) is 0 Å². The fourth-order valence-corrected chi connectivity index (χ4v) is 0. The quantitative estimate of drug-likeness (QED) is 0.367. The van der Waals surface area contributed by atoms with Crippen molar-refractivity contribution < 1.29 is 171 Å². The molecule has 0 spiro atoms. The summed E-state index contributed by atoms with van der Waals surface area (Å²) in [6.45, 7) is 0. The zero-order valence-electron chi connectivity index (χ0n) is 7.45. The van der Waals surface area contributed by atoms with E-state index in [0.29, 0.717) is 0 Å². The zero-order chi connectivity index (χ0) is 7.15. The molecule has 0 aromatic carbocycles. The van der Waals surface area contributed by atoms with Crippen LogP contribution in [0.15, 0.2) is 0 Å². The zero-order valence-corrected chi connectivity index (χ0v) is 13.7. The van der Waals surface area contributed by atoms with Crippen molar-refractivity contribution in [1.29, 1.82) is 0 Å². The van der Waals surface area contributed by atoms with Crippen LogP contribution in [0.5, 0.6) is 0 Å². The Bertz CT molecular complexity index is 79.5. The van der Waals surface area contributed by atoms with Crippen LogP contribution in [-0.4, -0.2) is 12.3 Å². The minimum absolute atomic E-state index is 0. The third kappa shape index (κ3) is 207. The molecule has 48 valence electrons. The molecule has 0 atom stereocenters. The molecule has 0 bridgehead atoms. The molecule has 0 aliphatic heterocycles. The Morgan fingerprint density at radius 1 is 0.667 bits per heavy atom. The molecule has 0 radical (unpaired) electrons. The Hall–Kier alpha value is 3.01. The average Bonchev–Trinajstić information content (AvgIpc) is 1.25. The second kappa shape index (κ2) is 29.2. The van der Waals surface area contributed by atoms with E-state index in [9.17, 15) is 0 Å². The Kier molecular flexibility index (Phi) is 88.3. The van der Waals surface area contributed by atoms with Crippen molar-refractivity contribution in [1.82, 2.24) is 0 Å². The van der Waals surface area contributed by atoms with Gasteiger partial charge in [0, 0.05) is 0 Å². The SMILES string of the molecule is O=C([O-])[O-].O=C([O-])[O-].[K+].[K+].[Li+].[Li+]. The van der Waals surface area contributed by atoms with E-state index in [1.54, 1.807) is 0 Å². The molecule has 0 aromatic heterocycles. The summed E-state index contributed by atoms with van der Waals surface area (Å²) in [5, 5.41) is 33.3. The van der Waals surface area contributed by atoms with E-state index in [0.717, 1.165) is 0 Å². The normalized spacial score (nSPS) is 4.00. The summed E-state index contributed by atoms with van der Waals surface area (Å²) in [6, 6.07) is 0. The molecule has 0 saturated heterocycles. The van der Waals surface area contributed by atoms with Gasteiger partial charge in [0.25, 0.3) is 0 Å². The van der Waals surface area contributed by atoms with Crippen molar-refractivity contribution in [2.75, 3.05) is 0 Å². The van der Waals surface area contributed by atoms with Crippen molar-refractivity contribution in [3.8, 4) is 0 Å². The van der Waals surface area contributed by atoms with Crippen LogP contribution >= 0.6 is 0 Å². The smallest absolute Gasteiger partial charge is 0.652 e. The van der Waals surface area contributed by atoms with Gasteiger partial charge in [0.05, 0.1) is 0 Å². The Labute approximate surface area is 178 Å². The van der Waals surface area contributed by atoms with Crippen molar-refractivity contribution in [2.45, 2.75) is 0 Å². The van der Waals surface area contributed by atoms with Crippen LogP contribution in [-0.2, 0) is 0 Å². The third-order valence-electron chi connectivity index (χ3n) is 0. The van der Waals surface area contributed by atoms with E-state index in [-0.39, 0.29) is 140 Å². The third-order valence-corrected chi connectivity index (χ3v) is 0. The maximum atomic E-state index is 8.33. The molecule has 0 fully saturated rings. The Morgan fingerprint density at radius 2 is 0.667 bits per heavy atom. The first-order chi connectivity index (χ1) is 3.46. The molecule has 0 amide bonds. The molecule has 0 heterocycles. The van der Waals surface area contributed by atoms with Gasteiger partial charge >= 0.3 is 140 Å². The summed E-state index contributed by atoms with van der Waals surface area (Å²) in [6.07, 6.45) is -4.67. The molecule has 0 rings (SSSR count). The van der Waals surface area contributed by atoms with Gasteiger partial charge in [-0.05, 0) is 12.3 Å². The number of carbonyl (C=O) groups is 2. The molecule has 0 aliphatic rings. The fourth-order valence-electron chi connectivity index (χ4n) is 0. The number of carboxylic acid groups (broad SMARTS) is 4. The second-order valence-corrected chi connectivity index (χ2v) is 0.500. The van der Waals surface area contributed by atoms with Gasteiger partial charge in [-0.1, -0.05) is 0 Å². The average molecular weight is 212 g/mol. The van der Waals surface area contributed by atoms with Gasteiger partial charge in [-0.2, -0.15) is 0 Å². The van der Waals surface area contributed by atoms with Crippen molar-refractivity contribution in [3.05, 3.63) is 0 Å². The Balaban J connectivity index is -0.0000000112. The molecule has 0 N–H and O–H groups in total. The van der Waals surface area contributed by atoms with Gasteiger partial charge in [0.15, 0.2) is 0 Å². The van der Waals surface area contributed by atoms with E-state index in [1.807, 2.05) is 0 Å². The molecule has 0 aliphatic carbocycles. The molecule has 10 heteroatoms. The fraction of sp³-hybridized carbons (Fsp3) is 0. The first kappa shape index (κ1) is 36.3. The minimum Gasteiger partial charge on any atom is -0.652 e.